The number of aromatic nitrogens is 3. The van der Waals surface area contributed by atoms with Crippen LogP contribution in [0, 0.1) is 13.8 Å². The predicted molar refractivity (Wildman–Crippen MR) is 122 cm³/mol. The van der Waals surface area contributed by atoms with E-state index < -0.39 is 5.91 Å². The van der Waals surface area contributed by atoms with Gasteiger partial charge in [-0.2, -0.15) is 5.10 Å². The van der Waals surface area contributed by atoms with Crippen molar-refractivity contribution in [1.82, 2.24) is 24.8 Å². The Morgan fingerprint density at radius 2 is 2.00 bits per heavy atom. The molecule has 1 aromatic carbocycles. The van der Waals surface area contributed by atoms with Crippen molar-refractivity contribution in [1.29, 1.82) is 0 Å². The fourth-order valence-electron chi connectivity index (χ4n) is 4.58. The van der Waals surface area contributed by atoms with E-state index in [4.69, 9.17) is 5.73 Å². The summed E-state index contributed by atoms with van der Waals surface area (Å²) in [6.45, 7) is 7.86. The summed E-state index contributed by atoms with van der Waals surface area (Å²) in [7, 11) is 0. The number of fused-ring (bicyclic) bond motifs is 1. The first kappa shape index (κ1) is 22.0. The number of rotatable bonds is 7. The van der Waals surface area contributed by atoms with E-state index in [1.54, 1.807) is 4.52 Å². The van der Waals surface area contributed by atoms with E-state index in [1.807, 2.05) is 19.9 Å². The Bertz CT molecular complexity index is 1140. The van der Waals surface area contributed by atoms with Crippen LogP contribution in [0.1, 0.15) is 58.7 Å². The summed E-state index contributed by atoms with van der Waals surface area (Å²) < 4.78 is 1.63. The second kappa shape index (κ2) is 9.08. The largest absolute Gasteiger partial charge is 0.365 e. The number of carbonyl (C=O) groups is 2. The lowest BCUT2D eigenvalue weighted by Crippen LogP contribution is -2.37. The first-order valence-electron chi connectivity index (χ1n) is 11.1. The molecule has 0 saturated carbocycles. The van der Waals surface area contributed by atoms with E-state index in [9.17, 15) is 9.59 Å². The number of aryl methyl sites for hydroxylation is 2. The normalized spacial score (nSPS) is 17.5. The molecule has 0 bridgehead atoms. The third-order valence-corrected chi connectivity index (χ3v) is 6.49. The van der Waals surface area contributed by atoms with Crippen molar-refractivity contribution in [3.8, 4) is 0 Å². The van der Waals surface area contributed by atoms with Crippen LogP contribution in [-0.2, 0) is 11.2 Å². The molecule has 8 heteroatoms. The van der Waals surface area contributed by atoms with Gasteiger partial charge >= 0.3 is 0 Å². The Kier molecular flexibility index (Phi) is 6.23. The lowest BCUT2D eigenvalue weighted by Gasteiger charge is -2.24. The molecule has 2 amide bonds. The number of benzene rings is 1. The van der Waals surface area contributed by atoms with Crippen molar-refractivity contribution in [2.24, 2.45) is 5.73 Å². The van der Waals surface area contributed by atoms with Gasteiger partial charge in [-0.3, -0.25) is 14.5 Å². The molecule has 0 spiro atoms. The molecule has 2 aromatic heterocycles. The maximum Gasteiger partial charge on any atom is 0.254 e. The van der Waals surface area contributed by atoms with Crippen LogP contribution in [0.4, 0.5) is 0 Å². The highest BCUT2D eigenvalue weighted by atomic mass is 16.2. The first-order valence-corrected chi connectivity index (χ1v) is 11.1. The van der Waals surface area contributed by atoms with Crippen LogP contribution < -0.4 is 11.1 Å². The Balaban J connectivity index is 1.35. The van der Waals surface area contributed by atoms with E-state index in [0.29, 0.717) is 30.1 Å². The van der Waals surface area contributed by atoms with Gasteiger partial charge in [-0.15, -0.1) is 0 Å². The van der Waals surface area contributed by atoms with Crippen LogP contribution >= 0.6 is 0 Å². The summed E-state index contributed by atoms with van der Waals surface area (Å²) in [5, 5.41) is 7.44. The zero-order valence-electron chi connectivity index (χ0n) is 18.8. The minimum absolute atomic E-state index is 0.0430. The number of hydrogen-bond acceptors (Lipinski definition) is 5. The summed E-state index contributed by atoms with van der Waals surface area (Å²) in [5.74, 6) is -0.507. The minimum Gasteiger partial charge on any atom is -0.365 e. The van der Waals surface area contributed by atoms with Gasteiger partial charge in [0.25, 0.3) is 5.91 Å². The monoisotopic (exact) mass is 434 g/mol. The standard InChI is InChI=1S/C24H30N6O2/c1-15-20(17(3)30-24(27-15)21(13-26-30)23(25)32)9-10-22(31)28-19-11-12-29(14-19)16(2)18-7-5-4-6-8-18/h4-8,13,16,19H,9-12,14H2,1-3H3,(H2,25,32)(H,28,31). The number of nitrogens with two attached hydrogens (primary N) is 1. The SMILES string of the molecule is Cc1nc2c(C(N)=O)cnn2c(C)c1CCC(=O)NC1CCN(C(C)c2ccccc2)C1. The quantitative estimate of drug-likeness (QED) is 0.594. The molecule has 3 N–H and O–H groups in total. The second-order valence-corrected chi connectivity index (χ2v) is 8.55. The third kappa shape index (κ3) is 4.36. The molecule has 1 aliphatic heterocycles. The molecular weight excluding hydrogens is 404 g/mol. The molecule has 0 radical (unpaired) electrons. The van der Waals surface area contributed by atoms with E-state index in [2.05, 4.69) is 51.5 Å². The van der Waals surface area contributed by atoms with Crippen molar-refractivity contribution < 1.29 is 9.59 Å². The van der Waals surface area contributed by atoms with Gasteiger partial charge in [0.1, 0.15) is 5.56 Å². The van der Waals surface area contributed by atoms with Crippen LogP contribution in [0.15, 0.2) is 36.5 Å². The summed E-state index contributed by atoms with van der Waals surface area (Å²) >= 11 is 0. The number of hydrogen-bond donors (Lipinski definition) is 2. The number of primary amides is 1. The van der Waals surface area contributed by atoms with Crippen molar-refractivity contribution in [3.05, 3.63) is 64.6 Å². The smallest absolute Gasteiger partial charge is 0.254 e. The molecule has 32 heavy (non-hydrogen) atoms. The number of nitrogens with zero attached hydrogens (tertiary/aromatic N) is 4. The Morgan fingerprint density at radius 3 is 2.72 bits per heavy atom. The van der Waals surface area contributed by atoms with Crippen molar-refractivity contribution in [3.63, 3.8) is 0 Å². The van der Waals surface area contributed by atoms with Crippen LogP contribution in [0.2, 0.25) is 0 Å². The molecule has 4 rings (SSSR count). The van der Waals surface area contributed by atoms with Gasteiger partial charge in [0.15, 0.2) is 5.65 Å². The lowest BCUT2D eigenvalue weighted by atomic mass is 10.1. The fourth-order valence-corrected chi connectivity index (χ4v) is 4.58. The van der Waals surface area contributed by atoms with Gasteiger partial charge in [-0.1, -0.05) is 30.3 Å². The Morgan fingerprint density at radius 1 is 1.25 bits per heavy atom. The van der Waals surface area contributed by atoms with Crippen LogP contribution in [0.5, 0.6) is 0 Å². The average molecular weight is 435 g/mol. The average Bonchev–Trinajstić information content (AvgIpc) is 3.41. The van der Waals surface area contributed by atoms with Crippen molar-refractivity contribution in [2.75, 3.05) is 13.1 Å². The fraction of sp³-hybridized carbons (Fsp3) is 0.417. The lowest BCUT2D eigenvalue weighted by molar-refractivity contribution is -0.121. The second-order valence-electron chi connectivity index (χ2n) is 8.55. The Hall–Kier alpha value is -3.26. The molecule has 1 aliphatic rings. The molecule has 168 valence electrons. The molecule has 8 nitrogen and oxygen atoms in total. The summed E-state index contributed by atoms with van der Waals surface area (Å²) in [4.78, 5) is 31.2. The maximum absolute atomic E-state index is 12.7. The zero-order chi connectivity index (χ0) is 22.8. The summed E-state index contributed by atoms with van der Waals surface area (Å²) in [6, 6.07) is 11.0. The van der Waals surface area contributed by atoms with E-state index >= 15 is 0 Å². The highest BCUT2D eigenvalue weighted by molar-refractivity contribution is 5.98. The van der Waals surface area contributed by atoms with E-state index in [0.717, 1.165) is 36.5 Å². The molecule has 3 heterocycles. The topological polar surface area (TPSA) is 106 Å². The number of nitrogens with one attached hydrogen (secondary N) is 1. The summed E-state index contributed by atoms with van der Waals surface area (Å²) in [6.07, 6.45) is 3.34. The molecular formula is C24H30N6O2. The van der Waals surface area contributed by atoms with Gasteiger partial charge in [-0.05, 0) is 44.7 Å². The van der Waals surface area contributed by atoms with Gasteiger partial charge in [0.2, 0.25) is 5.91 Å². The summed E-state index contributed by atoms with van der Waals surface area (Å²) in [5.41, 5.74) is 10.1. The van der Waals surface area contributed by atoms with Crippen LogP contribution in [-0.4, -0.2) is 50.4 Å². The Labute approximate surface area is 187 Å². The van der Waals surface area contributed by atoms with Gasteiger partial charge in [-0.25, -0.2) is 9.50 Å². The molecule has 1 fully saturated rings. The molecule has 1 saturated heterocycles. The third-order valence-electron chi connectivity index (χ3n) is 6.49. The van der Waals surface area contributed by atoms with Crippen molar-refractivity contribution >= 4 is 17.5 Å². The van der Waals surface area contributed by atoms with Gasteiger partial charge in [0, 0.05) is 43.0 Å². The molecule has 0 aliphatic carbocycles. The predicted octanol–water partition coefficient (Wildman–Crippen LogP) is 2.33. The molecule has 2 unspecified atom stereocenters. The van der Waals surface area contributed by atoms with Gasteiger partial charge < -0.3 is 11.1 Å². The highest BCUT2D eigenvalue weighted by Gasteiger charge is 2.27. The molecule has 2 atom stereocenters. The van der Waals surface area contributed by atoms with E-state index in [1.165, 1.54) is 11.8 Å². The van der Waals surface area contributed by atoms with Crippen molar-refractivity contribution in [2.45, 2.75) is 52.1 Å². The zero-order valence-corrected chi connectivity index (χ0v) is 18.8. The first-order chi connectivity index (χ1) is 15.3. The number of carbonyl (C=O) groups excluding carboxylic acids is 2. The van der Waals surface area contributed by atoms with E-state index in [-0.39, 0.29) is 11.9 Å². The number of amides is 2. The van der Waals surface area contributed by atoms with Crippen LogP contribution in [0.25, 0.3) is 5.65 Å². The minimum atomic E-state index is -0.550. The number of likely N-dealkylation sites (tertiary alicyclic amines) is 1. The van der Waals surface area contributed by atoms with Crippen LogP contribution in [0.3, 0.4) is 0 Å². The highest BCUT2D eigenvalue weighted by Crippen LogP contribution is 2.24. The maximum atomic E-state index is 12.7. The molecule has 3 aromatic rings. The van der Waals surface area contributed by atoms with Gasteiger partial charge in [0.05, 0.1) is 6.20 Å².